The molecule has 1 saturated heterocycles. The highest BCUT2D eigenvalue weighted by Gasteiger charge is 2.23. The van der Waals surface area contributed by atoms with Gasteiger partial charge >= 0.3 is 0 Å². The zero-order valence-electron chi connectivity index (χ0n) is 18.6. The standard InChI is InChI=1S/C23H29N5O2S2/c1-15-12-27(13-16(2)30-15)14-19-8-6-18(7-9-19)11-24-22(29)17(3)28-21(25-26-23(28)31)20-5-4-10-32-20/h4-10,15-17H,11-14H2,1-3H3,(H,24,29)(H,26,31). The third kappa shape index (κ3) is 5.35. The van der Waals surface area contributed by atoms with Crippen molar-refractivity contribution in [1.82, 2.24) is 25.0 Å². The molecule has 0 bridgehead atoms. The Labute approximate surface area is 197 Å². The summed E-state index contributed by atoms with van der Waals surface area (Å²) in [7, 11) is 0. The molecule has 1 aliphatic rings. The van der Waals surface area contributed by atoms with Crippen molar-refractivity contribution in [2.24, 2.45) is 0 Å². The monoisotopic (exact) mass is 471 g/mol. The minimum Gasteiger partial charge on any atom is -0.373 e. The summed E-state index contributed by atoms with van der Waals surface area (Å²) in [6.45, 7) is 9.35. The van der Waals surface area contributed by atoms with Crippen LogP contribution < -0.4 is 5.32 Å². The molecule has 3 unspecified atom stereocenters. The minimum absolute atomic E-state index is 0.0966. The zero-order chi connectivity index (χ0) is 22.7. The van der Waals surface area contributed by atoms with Crippen LogP contribution in [0.2, 0.25) is 0 Å². The fourth-order valence-corrected chi connectivity index (χ4v) is 5.13. The lowest BCUT2D eigenvalue weighted by Gasteiger charge is -2.35. The summed E-state index contributed by atoms with van der Waals surface area (Å²) in [6.07, 6.45) is 0.526. The van der Waals surface area contributed by atoms with Gasteiger partial charge in [0.05, 0.1) is 17.1 Å². The van der Waals surface area contributed by atoms with Gasteiger partial charge in [0.25, 0.3) is 0 Å². The lowest BCUT2D eigenvalue weighted by molar-refractivity contribution is -0.124. The highest BCUT2D eigenvalue weighted by molar-refractivity contribution is 7.71. The van der Waals surface area contributed by atoms with Crippen LogP contribution in [0.15, 0.2) is 41.8 Å². The molecule has 0 radical (unpaired) electrons. The number of morpholine rings is 1. The van der Waals surface area contributed by atoms with Gasteiger partial charge in [-0.25, -0.2) is 0 Å². The van der Waals surface area contributed by atoms with E-state index in [2.05, 4.69) is 58.5 Å². The molecule has 1 fully saturated rings. The summed E-state index contributed by atoms with van der Waals surface area (Å²) in [5.74, 6) is 0.587. The number of ether oxygens (including phenoxy) is 1. The number of benzene rings is 1. The number of amides is 1. The summed E-state index contributed by atoms with van der Waals surface area (Å²) < 4.78 is 8.02. The number of aromatic amines is 1. The van der Waals surface area contributed by atoms with E-state index in [9.17, 15) is 4.79 Å². The summed E-state index contributed by atoms with van der Waals surface area (Å²) in [6, 6.07) is 11.9. The van der Waals surface area contributed by atoms with E-state index in [0.29, 0.717) is 17.1 Å². The Morgan fingerprint density at radius 2 is 1.94 bits per heavy atom. The number of nitrogens with zero attached hydrogens (tertiary/aromatic N) is 3. The number of thiophene rings is 1. The first-order chi connectivity index (χ1) is 15.4. The molecule has 1 amide bonds. The Morgan fingerprint density at radius 1 is 1.25 bits per heavy atom. The van der Waals surface area contributed by atoms with Crippen molar-refractivity contribution in [1.29, 1.82) is 0 Å². The third-order valence-electron chi connectivity index (χ3n) is 5.60. The number of carbonyl (C=O) groups excluding carboxylic acids is 1. The second-order valence-corrected chi connectivity index (χ2v) is 9.70. The van der Waals surface area contributed by atoms with E-state index < -0.39 is 6.04 Å². The van der Waals surface area contributed by atoms with Gasteiger partial charge in [-0.2, -0.15) is 5.10 Å². The lowest BCUT2D eigenvalue weighted by Crippen LogP contribution is -2.44. The average Bonchev–Trinajstić information content (AvgIpc) is 3.41. The van der Waals surface area contributed by atoms with Gasteiger partial charge in [-0.05, 0) is 55.6 Å². The minimum atomic E-state index is -0.470. The first-order valence-electron chi connectivity index (χ1n) is 10.8. The molecule has 0 spiro atoms. The van der Waals surface area contributed by atoms with Crippen LogP contribution in [0.5, 0.6) is 0 Å². The molecule has 3 heterocycles. The second kappa shape index (κ2) is 10.1. The maximum absolute atomic E-state index is 12.8. The van der Waals surface area contributed by atoms with E-state index in [1.54, 1.807) is 15.9 Å². The fraction of sp³-hybridized carbons (Fsp3) is 0.435. The number of H-pyrrole nitrogens is 1. The van der Waals surface area contributed by atoms with Crippen LogP contribution in [0.4, 0.5) is 0 Å². The normalized spacial score (nSPS) is 20.2. The maximum Gasteiger partial charge on any atom is 0.243 e. The number of hydrogen-bond donors (Lipinski definition) is 2. The van der Waals surface area contributed by atoms with Crippen LogP contribution in [0, 0.1) is 4.77 Å². The predicted octanol–water partition coefficient (Wildman–Crippen LogP) is 4.16. The molecule has 170 valence electrons. The van der Waals surface area contributed by atoms with Crippen molar-refractivity contribution in [3.8, 4) is 10.7 Å². The van der Waals surface area contributed by atoms with Gasteiger partial charge in [-0.15, -0.1) is 11.3 Å². The Kier molecular flexibility index (Phi) is 7.20. The highest BCUT2D eigenvalue weighted by Crippen LogP contribution is 2.25. The molecule has 9 heteroatoms. The SMILES string of the molecule is CC1CN(Cc2ccc(CNC(=O)C(C)n3c(-c4cccs4)n[nH]c3=S)cc2)CC(C)O1. The van der Waals surface area contributed by atoms with Crippen molar-refractivity contribution >= 4 is 29.5 Å². The van der Waals surface area contributed by atoms with Crippen molar-refractivity contribution < 1.29 is 9.53 Å². The van der Waals surface area contributed by atoms with Crippen LogP contribution in [-0.2, 0) is 22.6 Å². The molecule has 1 aliphatic heterocycles. The average molecular weight is 472 g/mol. The molecule has 3 atom stereocenters. The van der Waals surface area contributed by atoms with Gasteiger partial charge in [-0.3, -0.25) is 19.4 Å². The number of carbonyl (C=O) groups is 1. The lowest BCUT2D eigenvalue weighted by atomic mass is 10.1. The van der Waals surface area contributed by atoms with Gasteiger partial charge in [-0.1, -0.05) is 30.3 Å². The van der Waals surface area contributed by atoms with Gasteiger partial charge in [0.1, 0.15) is 6.04 Å². The fourth-order valence-electron chi connectivity index (χ4n) is 4.13. The van der Waals surface area contributed by atoms with Crippen LogP contribution in [0.3, 0.4) is 0 Å². The van der Waals surface area contributed by atoms with E-state index in [1.807, 2.05) is 24.4 Å². The number of hydrogen-bond acceptors (Lipinski definition) is 6. The third-order valence-corrected chi connectivity index (χ3v) is 6.76. The quantitative estimate of drug-likeness (QED) is 0.506. The summed E-state index contributed by atoms with van der Waals surface area (Å²) in [5, 5.41) is 12.1. The molecule has 7 nitrogen and oxygen atoms in total. The van der Waals surface area contributed by atoms with E-state index in [-0.39, 0.29) is 18.1 Å². The summed E-state index contributed by atoms with van der Waals surface area (Å²) in [5.41, 5.74) is 2.33. The van der Waals surface area contributed by atoms with Gasteiger partial charge in [0.2, 0.25) is 5.91 Å². The number of nitrogens with one attached hydrogen (secondary N) is 2. The zero-order valence-corrected chi connectivity index (χ0v) is 20.2. The summed E-state index contributed by atoms with van der Waals surface area (Å²) in [4.78, 5) is 16.2. The van der Waals surface area contributed by atoms with E-state index in [4.69, 9.17) is 17.0 Å². The molecule has 1 aromatic carbocycles. The Bertz CT molecular complexity index is 1080. The molecular formula is C23H29N5O2S2. The predicted molar refractivity (Wildman–Crippen MR) is 129 cm³/mol. The molecule has 2 N–H and O–H groups in total. The molecule has 4 rings (SSSR count). The molecule has 3 aromatic rings. The number of rotatable bonds is 7. The van der Waals surface area contributed by atoms with Crippen LogP contribution >= 0.6 is 23.6 Å². The largest absolute Gasteiger partial charge is 0.373 e. The van der Waals surface area contributed by atoms with Crippen molar-refractivity contribution in [3.05, 3.63) is 57.7 Å². The topological polar surface area (TPSA) is 75.2 Å². The van der Waals surface area contributed by atoms with Gasteiger partial charge in [0, 0.05) is 26.2 Å². The Balaban J connectivity index is 1.34. The molecule has 0 aliphatic carbocycles. The first-order valence-corrected chi connectivity index (χ1v) is 12.1. The van der Waals surface area contributed by atoms with Gasteiger partial charge in [0.15, 0.2) is 10.6 Å². The maximum atomic E-state index is 12.8. The smallest absolute Gasteiger partial charge is 0.243 e. The van der Waals surface area contributed by atoms with E-state index >= 15 is 0 Å². The number of aromatic nitrogens is 3. The van der Waals surface area contributed by atoms with Crippen LogP contribution in [0.25, 0.3) is 10.7 Å². The van der Waals surface area contributed by atoms with Gasteiger partial charge < -0.3 is 10.1 Å². The Morgan fingerprint density at radius 3 is 2.59 bits per heavy atom. The van der Waals surface area contributed by atoms with E-state index in [0.717, 1.165) is 30.1 Å². The highest BCUT2D eigenvalue weighted by atomic mass is 32.1. The Hall–Kier alpha value is -2.33. The molecule has 2 aromatic heterocycles. The molecule has 0 saturated carbocycles. The molecule has 32 heavy (non-hydrogen) atoms. The van der Waals surface area contributed by atoms with Crippen molar-refractivity contribution in [3.63, 3.8) is 0 Å². The second-order valence-electron chi connectivity index (χ2n) is 8.36. The van der Waals surface area contributed by atoms with Crippen LogP contribution in [0.1, 0.15) is 37.9 Å². The molecular weight excluding hydrogens is 442 g/mol. The first kappa shape index (κ1) is 22.8. The van der Waals surface area contributed by atoms with Crippen molar-refractivity contribution in [2.75, 3.05) is 13.1 Å². The van der Waals surface area contributed by atoms with Crippen LogP contribution in [-0.4, -0.2) is 50.9 Å². The summed E-state index contributed by atoms with van der Waals surface area (Å²) >= 11 is 6.94. The van der Waals surface area contributed by atoms with E-state index in [1.165, 1.54) is 5.56 Å². The van der Waals surface area contributed by atoms with Crippen molar-refractivity contribution in [2.45, 2.75) is 52.1 Å².